The number of terminal acetylenes is 1. The average Bonchev–Trinajstić information content (AvgIpc) is 2.76. The first-order chi connectivity index (χ1) is 14.4. The largest absolute Gasteiger partial charge is 0.353 e. The number of rotatable bonds is 6. The lowest BCUT2D eigenvalue weighted by atomic mass is 10.2. The summed E-state index contributed by atoms with van der Waals surface area (Å²) < 4.78 is 11.7. The minimum atomic E-state index is -2.64. The Morgan fingerprint density at radius 2 is 1.63 bits per heavy atom. The first-order valence-corrected chi connectivity index (χ1v) is 13.0. The fourth-order valence-electron chi connectivity index (χ4n) is 4.54. The van der Waals surface area contributed by atoms with Crippen LogP contribution in [0.1, 0.15) is 40.0 Å². The molecule has 158 valence electrons. The van der Waals surface area contributed by atoms with Crippen molar-refractivity contribution in [3.63, 3.8) is 0 Å². The van der Waals surface area contributed by atoms with Crippen LogP contribution in [0, 0.1) is 12.3 Å². The van der Waals surface area contributed by atoms with E-state index in [9.17, 15) is 0 Å². The summed E-state index contributed by atoms with van der Waals surface area (Å²) >= 11 is 6.95. The molecule has 0 N–H and O–H groups in total. The summed E-state index contributed by atoms with van der Waals surface area (Å²) in [6.45, 7) is 7.82. The summed E-state index contributed by atoms with van der Waals surface area (Å²) in [4.78, 5) is 0. The zero-order chi connectivity index (χ0) is 21.6. The molecule has 2 aromatic rings. The van der Waals surface area contributed by atoms with E-state index < -0.39 is 8.07 Å². The molecule has 1 aliphatic rings. The van der Waals surface area contributed by atoms with Crippen molar-refractivity contribution in [1.82, 2.24) is 0 Å². The van der Waals surface area contributed by atoms with E-state index in [0.29, 0.717) is 5.03 Å². The van der Waals surface area contributed by atoms with E-state index in [0.717, 1.165) is 31.1 Å². The Bertz CT molecular complexity index is 849. The fraction of sp³-hybridized carbons (Fsp3) is 0.385. The molecule has 0 saturated carbocycles. The van der Waals surface area contributed by atoms with Crippen molar-refractivity contribution in [2.45, 2.75) is 51.4 Å². The third-order valence-corrected chi connectivity index (χ3v) is 12.2. The molecule has 1 atom stereocenters. The van der Waals surface area contributed by atoms with E-state index in [4.69, 9.17) is 27.5 Å². The summed E-state index contributed by atoms with van der Waals surface area (Å²) in [5.74, 6) is 3.02. The molecule has 3 rings (SSSR count). The van der Waals surface area contributed by atoms with Crippen molar-refractivity contribution in [3.8, 4) is 12.3 Å². The highest BCUT2D eigenvalue weighted by Gasteiger charge is 2.51. The third-order valence-electron chi connectivity index (χ3n) is 5.86. The first kappa shape index (κ1) is 22.8. The van der Waals surface area contributed by atoms with Gasteiger partial charge < -0.3 is 9.47 Å². The van der Waals surface area contributed by atoms with Gasteiger partial charge in [0.05, 0.1) is 11.6 Å². The molecule has 30 heavy (non-hydrogen) atoms. The molecular formula is C26H31ClO2Si. The van der Waals surface area contributed by atoms with Gasteiger partial charge in [0.15, 0.2) is 14.4 Å². The second-order valence-electron chi connectivity index (χ2n) is 8.76. The number of hydrogen-bond acceptors (Lipinski definition) is 2. The Labute approximate surface area is 187 Å². The molecule has 2 nitrogen and oxygen atoms in total. The van der Waals surface area contributed by atoms with Crippen LogP contribution in [0.2, 0.25) is 5.04 Å². The zero-order valence-electron chi connectivity index (χ0n) is 18.2. The van der Waals surface area contributed by atoms with Gasteiger partial charge in [-0.1, -0.05) is 99.0 Å². The second-order valence-corrected chi connectivity index (χ2v) is 13.9. The second kappa shape index (κ2) is 9.98. The van der Waals surface area contributed by atoms with Gasteiger partial charge in [-0.25, -0.2) is 0 Å². The van der Waals surface area contributed by atoms with Crippen molar-refractivity contribution in [3.05, 3.63) is 70.9 Å². The molecule has 1 aliphatic heterocycles. The minimum absolute atomic E-state index is 0.112. The van der Waals surface area contributed by atoms with E-state index >= 15 is 0 Å². The van der Waals surface area contributed by atoms with Crippen LogP contribution in [-0.4, -0.2) is 27.6 Å². The topological polar surface area (TPSA) is 18.5 Å². The van der Waals surface area contributed by atoms with Gasteiger partial charge in [-0.15, -0.1) is 6.42 Å². The average molecular weight is 439 g/mol. The van der Waals surface area contributed by atoms with Crippen molar-refractivity contribution in [2.24, 2.45) is 0 Å². The number of hydrogen-bond donors (Lipinski definition) is 0. The van der Waals surface area contributed by atoms with Gasteiger partial charge in [-0.2, -0.15) is 0 Å². The van der Waals surface area contributed by atoms with Crippen molar-refractivity contribution in [2.75, 3.05) is 13.2 Å². The van der Waals surface area contributed by atoms with Crippen LogP contribution in [-0.2, 0) is 9.47 Å². The van der Waals surface area contributed by atoms with Crippen LogP contribution in [0.15, 0.2) is 70.9 Å². The molecule has 4 heteroatoms. The van der Waals surface area contributed by atoms with Gasteiger partial charge in [-0.05, 0) is 34.7 Å². The quantitative estimate of drug-likeness (QED) is 0.452. The molecule has 0 amide bonds. The standard InChI is InChI=1S/C26H31ClO2Si/c1-5-24(23(27)20-29-25-18-12-13-19-28-25)30(26(2,3)4,21-14-8-6-9-15-21)22-16-10-7-11-17-22/h1,6-11,14-17,25H,12-13,18-20H2,2-4H3/b24-23+. The number of halogens is 1. The summed E-state index contributed by atoms with van der Waals surface area (Å²) in [5, 5.41) is 3.89. The summed E-state index contributed by atoms with van der Waals surface area (Å²) in [5.41, 5.74) is 0. The zero-order valence-corrected chi connectivity index (χ0v) is 19.9. The molecule has 1 saturated heterocycles. The molecule has 0 aromatic heterocycles. The van der Waals surface area contributed by atoms with Crippen molar-refractivity contribution in [1.29, 1.82) is 0 Å². The third kappa shape index (κ3) is 4.58. The maximum absolute atomic E-state index is 6.95. The Morgan fingerprint density at radius 3 is 2.07 bits per heavy atom. The summed E-state index contributed by atoms with van der Waals surface area (Å²) in [6, 6.07) is 21.2. The molecule has 0 radical (unpaired) electrons. The minimum Gasteiger partial charge on any atom is -0.353 e. The predicted molar refractivity (Wildman–Crippen MR) is 129 cm³/mol. The monoisotopic (exact) mass is 438 g/mol. The van der Waals surface area contributed by atoms with Crippen LogP contribution < -0.4 is 10.4 Å². The maximum atomic E-state index is 6.95. The Hall–Kier alpha value is -1.83. The SMILES string of the molecule is C#C/C(=C(\Cl)COC1CCCCO1)[Si](c1ccccc1)(c1ccccc1)C(C)(C)C. The molecule has 2 aromatic carbocycles. The number of benzene rings is 2. The van der Waals surface area contributed by atoms with E-state index in [1.54, 1.807) is 0 Å². The van der Waals surface area contributed by atoms with Gasteiger partial charge >= 0.3 is 0 Å². The highest BCUT2D eigenvalue weighted by Crippen LogP contribution is 2.42. The highest BCUT2D eigenvalue weighted by molar-refractivity contribution is 7.10. The normalized spacial score (nSPS) is 18.4. The van der Waals surface area contributed by atoms with Crippen LogP contribution in [0.25, 0.3) is 0 Å². The maximum Gasteiger partial charge on any atom is 0.165 e. The van der Waals surface area contributed by atoms with Crippen molar-refractivity contribution < 1.29 is 9.47 Å². The molecule has 1 heterocycles. The Morgan fingerprint density at radius 1 is 1.07 bits per heavy atom. The van der Waals surface area contributed by atoms with E-state index in [-0.39, 0.29) is 17.9 Å². The molecule has 1 fully saturated rings. The molecule has 0 aliphatic carbocycles. The number of allylic oxidation sites excluding steroid dienone is 1. The van der Waals surface area contributed by atoms with E-state index in [2.05, 4.69) is 75.2 Å². The van der Waals surface area contributed by atoms with Gasteiger partial charge in [-0.3, -0.25) is 0 Å². The van der Waals surface area contributed by atoms with Gasteiger partial charge in [0.25, 0.3) is 0 Å². The predicted octanol–water partition coefficient (Wildman–Crippen LogP) is 5.26. The lowest BCUT2D eigenvalue weighted by Crippen LogP contribution is -2.66. The van der Waals surface area contributed by atoms with Crippen LogP contribution in [0.5, 0.6) is 0 Å². The van der Waals surface area contributed by atoms with Gasteiger partial charge in [0.2, 0.25) is 0 Å². The first-order valence-electron chi connectivity index (χ1n) is 10.6. The van der Waals surface area contributed by atoms with E-state index in [1.165, 1.54) is 10.4 Å². The Balaban J connectivity index is 2.15. The summed E-state index contributed by atoms with van der Waals surface area (Å²) in [7, 11) is -2.64. The molecule has 1 unspecified atom stereocenters. The fourth-order valence-corrected chi connectivity index (χ4v) is 10.6. The molecule has 0 spiro atoms. The highest BCUT2D eigenvalue weighted by atomic mass is 35.5. The lowest BCUT2D eigenvalue weighted by molar-refractivity contribution is -0.156. The lowest BCUT2D eigenvalue weighted by Gasteiger charge is -2.44. The van der Waals surface area contributed by atoms with Gasteiger partial charge in [0.1, 0.15) is 0 Å². The smallest absolute Gasteiger partial charge is 0.165 e. The Kier molecular flexibility index (Phi) is 7.60. The molecular weight excluding hydrogens is 408 g/mol. The van der Waals surface area contributed by atoms with Crippen LogP contribution in [0.3, 0.4) is 0 Å². The summed E-state index contributed by atoms with van der Waals surface area (Å²) in [6.07, 6.45) is 9.09. The number of ether oxygens (including phenoxy) is 2. The van der Waals surface area contributed by atoms with Gasteiger partial charge in [0, 0.05) is 11.8 Å². The van der Waals surface area contributed by atoms with Crippen molar-refractivity contribution >= 4 is 30.0 Å². The van der Waals surface area contributed by atoms with E-state index in [1.807, 2.05) is 12.1 Å². The molecule has 0 bridgehead atoms. The van der Waals surface area contributed by atoms with Crippen LogP contribution >= 0.6 is 11.6 Å². The van der Waals surface area contributed by atoms with Crippen LogP contribution in [0.4, 0.5) is 0 Å².